The summed E-state index contributed by atoms with van der Waals surface area (Å²) in [6, 6.07) is 9.55. The lowest BCUT2D eigenvalue weighted by Gasteiger charge is -2.13. The van der Waals surface area contributed by atoms with Crippen LogP contribution in [0.3, 0.4) is 0 Å². The van der Waals surface area contributed by atoms with Crippen LogP contribution in [0.25, 0.3) is 17.0 Å². The quantitative estimate of drug-likeness (QED) is 0.459. The first-order valence-electron chi connectivity index (χ1n) is 9.00. The number of nitrogens with zero attached hydrogens (tertiary/aromatic N) is 1. The lowest BCUT2D eigenvalue weighted by molar-refractivity contribution is 0.104. The Hall–Kier alpha value is -3.21. The monoisotopic (exact) mass is 379 g/mol. The molecule has 0 amide bonds. The van der Waals surface area contributed by atoms with Gasteiger partial charge in [-0.1, -0.05) is 12.1 Å². The molecule has 0 fully saturated rings. The van der Waals surface area contributed by atoms with Crippen molar-refractivity contribution in [3.8, 4) is 17.2 Å². The van der Waals surface area contributed by atoms with Crippen LogP contribution in [-0.4, -0.2) is 31.7 Å². The van der Waals surface area contributed by atoms with Gasteiger partial charge in [0.05, 0.1) is 21.3 Å². The van der Waals surface area contributed by atoms with Crippen LogP contribution < -0.4 is 14.2 Å². The van der Waals surface area contributed by atoms with E-state index in [1.54, 1.807) is 18.2 Å². The molecule has 5 nitrogen and oxygen atoms in total. The van der Waals surface area contributed by atoms with E-state index in [2.05, 4.69) is 30.5 Å². The highest BCUT2D eigenvalue weighted by Gasteiger charge is 2.16. The second kappa shape index (κ2) is 7.80. The molecule has 0 spiro atoms. The molecule has 0 bridgehead atoms. The first-order valence-corrected chi connectivity index (χ1v) is 9.00. The molecule has 28 heavy (non-hydrogen) atoms. The van der Waals surface area contributed by atoms with E-state index in [0.29, 0.717) is 22.8 Å². The molecule has 0 atom stereocenters. The van der Waals surface area contributed by atoms with E-state index < -0.39 is 0 Å². The molecule has 2 aromatic carbocycles. The fraction of sp³-hybridized carbons (Fsp3) is 0.261. The number of carbonyl (C=O) groups is 1. The number of hydrogen-bond donors (Lipinski definition) is 0. The third-order valence-electron chi connectivity index (χ3n) is 5.13. The lowest BCUT2D eigenvalue weighted by Crippen LogP contribution is -2.00. The highest BCUT2D eigenvalue weighted by Crippen LogP contribution is 2.38. The number of carbonyl (C=O) groups excluding carboxylic acids is 1. The van der Waals surface area contributed by atoms with Crippen molar-refractivity contribution in [2.24, 2.45) is 7.05 Å². The molecule has 5 heteroatoms. The van der Waals surface area contributed by atoms with E-state index in [9.17, 15) is 4.79 Å². The molecule has 0 saturated carbocycles. The molecular formula is C23H25NO4. The van der Waals surface area contributed by atoms with Crippen molar-refractivity contribution in [1.82, 2.24) is 4.57 Å². The van der Waals surface area contributed by atoms with Gasteiger partial charge in [-0.3, -0.25) is 4.79 Å². The Morgan fingerprint density at radius 2 is 1.64 bits per heavy atom. The summed E-state index contributed by atoms with van der Waals surface area (Å²) in [7, 11) is 6.64. The van der Waals surface area contributed by atoms with Crippen molar-refractivity contribution in [1.29, 1.82) is 0 Å². The first kappa shape index (κ1) is 19.5. The average molecular weight is 379 g/mol. The van der Waals surface area contributed by atoms with Crippen molar-refractivity contribution in [3.63, 3.8) is 0 Å². The highest BCUT2D eigenvalue weighted by molar-refractivity contribution is 6.09. The topological polar surface area (TPSA) is 49.7 Å². The Labute approximate surface area is 165 Å². The van der Waals surface area contributed by atoms with E-state index in [1.807, 2.05) is 19.2 Å². The van der Waals surface area contributed by atoms with Gasteiger partial charge < -0.3 is 18.8 Å². The molecule has 1 heterocycles. The van der Waals surface area contributed by atoms with E-state index in [-0.39, 0.29) is 5.78 Å². The van der Waals surface area contributed by atoms with Gasteiger partial charge in [0.2, 0.25) is 5.75 Å². The van der Waals surface area contributed by atoms with E-state index in [0.717, 1.165) is 22.2 Å². The Balaban J connectivity index is 2.04. The van der Waals surface area contributed by atoms with Gasteiger partial charge in [-0.15, -0.1) is 0 Å². The van der Waals surface area contributed by atoms with Gasteiger partial charge in [-0.2, -0.15) is 0 Å². The summed E-state index contributed by atoms with van der Waals surface area (Å²) >= 11 is 0. The molecule has 0 radical (unpaired) electrons. The van der Waals surface area contributed by atoms with Crippen LogP contribution >= 0.6 is 0 Å². The van der Waals surface area contributed by atoms with Crippen molar-refractivity contribution in [3.05, 3.63) is 58.8 Å². The van der Waals surface area contributed by atoms with Crippen LogP contribution in [0, 0.1) is 13.8 Å². The van der Waals surface area contributed by atoms with Gasteiger partial charge in [0, 0.05) is 34.8 Å². The van der Waals surface area contributed by atoms with E-state index >= 15 is 0 Å². The fourth-order valence-electron chi connectivity index (χ4n) is 3.51. The number of hydrogen-bond acceptors (Lipinski definition) is 4. The summed E-state index contributed by atoms with van der Waals surface area (Å²) < 4.78 is 18.2. The Morgan fingerprint density at radius 3 is 2.21 bits per heavy atom. The molecule has 0 aliphatic heterocycles. The Morgan fingerprint density at radius 1 is 1.00 bits per heavy atom. The SMILES string of the molecule is COc1cc(C(=O)C=Cc2c(C)n(C)c3cccc(C)c23)cc(OC)c1OC. The summed E-state index contributed by atoms with van der Waals surface area (Å²) in [5.74, 6) is 1.24. The highest BCUT2D eigenvalue weighted by atomic mass is 16.5. The molecule has 0 N–H and O–H groups in total. The summed E-state index contributed by atoms with van der Waals surface area (Å²) in [5, 5.41) is 1.16. The van der Waals surface area contributed by atoms with Crippen LogP contribution in [0.2, 0.25) is 0 Å². The van der Waals surface area contributed by atoms with Crippen molar-refractivity contribution in [2.75, 3.05) is 21.3 Å². The minimum atomic E-state index is -0.135. The number of allylic oxidation sites excluding steroid dienone is 1. The fourth-order valence-corrected chi connectivity index (χ4v) is 3.51. The maximum atomic E-state index is 12.8. The summed E-state index contributed by atoms with van der Waals surface area (Å²) in [5.41, 5.74) is 4.97. The molecule has 0 unspecified atom stereocenters. The van der Waals surface area contributed by atoms with Crippen LogP contribution in [0.4, 0.5) is 0 Å². The zero-order valence-electron chi connectivity index (χ0n) is 17.1. The molecule has 0 aliphatic rings. The molecule has 3 rings (SSSR count). The summed E-state index contributed by atoms with van der Waals surface area (Å²) in [6.45, 7) is 4.14. The van der Waals surface area contributed by atoms with Crippen LogP contribution in [0.5, 0.6) is 17.2 Å². The number of rotatable bonds is 6. The predicted molar refractivity (Wildman–Crippen MR) is 112 cm³/mol. The van der Waals surface area contributed by atoms with Crippen molar-refractivity contribution in [2.45, 2.75) is 13.8 Å². The molecule has 146 valence electrons. The minimum Gasteiger partial charge on any atom is -0.493 e. The number of methoxy groups -OCH3 is 3. The minimum absolute atomic E-state index is 0.135. The number of aryl methyl sites for hydroxylation is 2. The molecule has 1 aromatic heterocycles. The molecular weight excluding hydrogens is 354 g/mol. The lowest BCUT2D eigenvalue weighted by atomic mass is 10.0. The zero-order valence-corrected chi connectivity index (χ0v) is 17.1. The van der Waals surface area contributed by atoms with Crippen molar-refractivity contribution < 1.29 is 19.0 Å². The third kappa shape index (κ3) is 3.24. The normalized spacial score (nSPS) is 11.2. The van der Waals surface area contributed by atoms with E-state index in [1.165, 1.54) is 26.9 Å². The van der Waals surface area contributed by atoms with Crippen LogP contribution in [0.15, 0.2) is 36.4 Å². The number of benzene rings is 2. The van der Waals surface area contributed by atoms with Gasteiger partial charge in [-0.05, 0) is 49.8 Å². The molecule has 0 saturated heterocycles. The maximum absolute atomic E-state index is 12.8. The summed E-state index contributed by atoms with van der Waals surface area (Å²) in [4.78, 5) is 12.8. The van der Waals surface area contributed by atoms with Gasteiger partial charge in [0.1, 0.15) is 0 Å². The van der Waals surface area contributed by atoms with Gasteiger partial charge in [-0.25, -0.2) is 0 Å². The molecule has 3 aromatic rings. The number of ketones is 1. The van der Waals surface area contributed by atoms with Crippen LogP contribution in [0.1, 0.15) is 27.2 Å². The van der Waals surface area contributed by atoms with E-state index in [4.69, 9.17) is 14.2 Å². The maximum Gasteiger partial charge on any atom is 0.203 e. The standard InChI is InChI=1S/C23H25NO4/c1-14-8-7-9-18-22(14)17(15(2)24(18)3)10-11-19(25)16-12-20(26-4)23(28-6)21(13-16)27-5/h7-13H,1-6H3. The largest absolute Gasteiger partial charge is 0.493 e. The number of ether oxygens (including phenoxy) is 3. The smallest absolute Gasteiger partial charge is 0.203 e. The zero-order chi connectivity index (χ0) is 20.4. The average Bonchev–Trinajstić information content (AvgIpc) is 2.96. The third-order valence-corrected chi connectivity index (χ3v) is 5.13. The van der Waals surface area contributed by atoms with Gasteiger partial charge >= 0.3 is 0 Å². The number of fused-ring (bicyclic) bond motifs is 1. The summed E-state index contributed by atoms with van der Waals surface area (Å²) in [6.07, 6.45) is 3.48. The number of aromatic nitrogens is 1. The Bertz CT molecular complexity index is 1050. The second-order valence-corrected chi connectivity index (χ2v) is 6.64. The van der Waals surface area contributed by atoms with Gasteiger partial charge in [0.25, 0.3) is 0 Å². The second-order valence-electron chi connectivity index (χ2n) is 6.64. The predicted octanol–water partition coefficient (Wildman–Crippen LogP) is 4.72. The first-order chi connectivity index (χ1) is 13.4. The molecule has 0 aliphatic carbocycles. The van der Waals surface area contributed by atoms with Crippen LogP contribution in [-0.2, 0) is 7.05 Å². The van der Waals surface area contributed by atoms with Crippen molar-refractivity contribution >= 4 is 22.8 Å². The van der Waals surface area contributed by atoms with Gasteiger partial charge in [0.15, 0.2) is 17.3 Å². The Kier molecular flexibility index (Phi) is 5.45.